The Hall–Kier alpha value is -3.67. The van der Waals surface area contributed by atoms with Gasteiger partial charge in [0.1, 0.15) is 0 Å². The van der Waals surface area contributed by atoms with Gasteiger partial charge in [0.2, 0.25) is 5.91 Å². The number of aryl methyl sites for hydroxylation is 1. The molecule has 0 spiro atoms. The molecule has 3 rings (SSSR count). The Morgan fingerprint density at radius 3 is 2.38 bits per heavy atom. The van der Waals surface area contributed by atoms with E-state index < -0.39 is 0 Å². The highest BCUT2D eigenvalue weighted by atomic mass is 16.2. The van der Waals surface area contributed by atoms with E-state index in [1.165, 1.54) is 6.08 Å². The van der Waals surface area contributed by atoms with Crippen LogP contribution in [0.4, 0.5) is 0 Å². The van der Waals surface area contributed by atoms with E-state index in [9.17, 15) is 9.59 Å². The lowest BCUT2D eigenvalue weighted by Crippen LogP contribution is -2.20. The molecule has 0 aliphatic heterocycles. The van der Waals surface area contributed by atoms with Crippen LogP contribution in [0.1, 0.15) is 32.9 Å². The second kappa shape index (κ2) is 9.01. The number of para-hydroxylation sites is 1. The summed E-state index contributed by atoms with van der Waals surface area (Å²) in [6.07, 6.45) is 3.31. The molecule has 0 aliphatic carbocycles. The number of hydrogen-bond acceptors (Lipinski definition) is 3. The van der Waals surface area contributed by atoms with E-state index in [0.717, 1.165) is 28.2 Å². The highest BCUT2D eigenvalue weighted by Gasteiger charge is 2.10. The summed E-state index contributed by atoms with van der Waals surface area (Å²) in [5, 5.41) is 10.0. The van der Waals surface area contributed by atoms with Crippen molar-refractivity contribution in [2.24, 2.45) is 0 Å². The number of carbonyl (C=O) groups is 2. The second-order valence-electron chi connectivity index (χ2n) is 6.66. The summed E-state index contributed by atoms with van der Waals surface area (Å²) in [6, 6.07) is 17.0. The quantitative estimate of drug-likeness (QED) is 0.637. The predicted octanol–water partition coefficient (Wildman–Crippen LogP) is 3.18. The summed E-state index contributed by atoms with van der Waals surface area (Å²) in [7, 11) is 1.59. The molecule has 2 N–H and O–H groups in total. The van der Waals surface area contributed by atoms with Gasteiger partial charge in [-0.1, -0.05) is 30.3 Å². The van der Waals surface area contributed by atoms with E-state index in [-0.39, 0.29) is 11.8 Å². The number of rotatable bonds is 6. The zero-order valence-electron chi connectivity index (χ0n) is 16.8. The van der Waals surface area contributed by atoms with Crippen LogP contribution in [-0.4, -0.2) is 28.6 Å². The fourth-order valence-electron chi connectivity index (χ4n) is 3.04. The van der Waals surface area contributed by atoms with E-state index >= 15 is 0 Å². The Bertz CT molecular complexity index is 1030. The normalized spacial score (nSPS) is 10.9. The molecule has 0 saturated heterocycles. The minimum atomic E-state index is -0.188. The van der Waals surface area contributed by atoms with Gasteiger partial charge in [0, 0.05) is 36.5 Å². The molecule has 148 valence electrons. The fourth-order valence-corrected chi connectivity index (χ4v) is 3.04. The lowest BCUT2D eigenvalue weighted by Gasteiger charge is -2.05. The second-order valence-corrected chi connectivity index (χ2v) is 6.66. The maximum absolute atomic E-state index is 12.2. The summed E-state index contributed by atoms with van der Waals surface area (Å²) in [5.74, 6) is -0.322. The molecule has 0 atom stereocenters. The summed E-state index contributed by atoms with van der Waals surface area (Å²) in [4.78, 5) is 23.8. The Kier molecular flexibility index (Phi) is 6.24. The molecule has 6 heteroatoms. The third-order valence-corrected chi connectivity index (χ3v) is 4.66. The van der Waals surface area contributed by atoms with Crippen molar-refractivity contribution >= 4 is 17.9 Å². The van der Waals surface area contributed by atoms with Crippen molar-refractivity contribution in [1.82, 2.24) is 20.4 Å². The Morgan fingerprint density at radius 1 is 1.03 bits per heavy atom. The van der Waals surface area contributed by atoms with Crippen LogP contribution in [0, 0.1) is 13.8 Å². The van der Waals surface area contributed by atoms with Crippen molar-refractivity contribution in [3.05, 3.63) is 88.8 Å². The number of nitrogens with one attached hydrogen (secondary N) is 2. The zero-order chi connectivity index (χ0) is 20.8. The number of nitrogens with zero attached hydrogens (tertiary/aromatic N) is 2. The third kappa shape index (κ3) is 4.79. The third-order valence-electron chi connectivity index (χ3n) is 4.66. The van der Waals surface area contributed by atoms with Crippen LogP contribution in [0.5, 0.6) is 0 Å². The number of amides is 2. The van der Waals surface area contributed by atoms with E-state index in [1.54, 1.807) is 25.3 Å². The highest BCUT2D eigenvalue weighted by molar-refractivity contribution is 5.94. The van der Waals surface area contributed by atoms with E-state index in [0.29, 0.717) is 12.1 Å². The summed E-state index contributed by atoms with van der Waals surface area (Å²) >= 11 is 0. The molecule has 29 heavy (non-hydrogen) atoms. The SMILES string of the molecule is CNC(=O)c1ccc(CNC(=O)/C=C/c2c(C)nn(-c3ccccc3)c2C)cc1. The molecule has 1 heterocycles. The van der Waals surface area contributed by atoms with Gasteiger partial charge in [0.05, 0.1) is 11.4 Å². The van der Waals surface area contributed by atoms with E-state index in [4.69, 9.17) is 0 Å². The van der Waals surface area contributed by atoms with Gasteiger partial charge in [-0.2, -0.15) is 5.10 Å². The van der Waals surface area contributed by atoms with Crippen molar-refractivity contribution in [2.45, 2.75) is 20.4 Å². The molecule has 1 aromatic heterocycles. The number of aromatic nitrogens is 2. The molecule has 0 saturated carbocycles. The van der Waals surface area contributed by atoms with Crippen LogP contribution in [0.2, 0.25) is 0 Å². The van der Waals surface area contributed by atoms with Crippen LogP contribution in [-0.2, 0) is 11.3 Å². The number of benzene rings is 2. The van der Waals surface area contributed by atoms with E-state index in [2.05, 4.69) is 15.7 Å². The molecule has 3 aromatic rings. The first-order valence-electron chi connectivity index (χ1n) is 9.38. The van der Waals surface area contributed by atoms with E-state index in [1.807, 2.05) is 61.0 Å². The van der Waals surface area contributed by atoms with Gasteiger partial charge in [0.25, 0.3) is 5.91 Å². The monoisotopic (exact) mass is 388 g/mol. The van der Waals surface area contributed by atoms with Gasteiger partial charge in [-0.3, -0.25) is 9.59 Å². The first-order chi connectivity index (χ1) is 14.0. The Labute approximate surface area is 170 Å². The Balaban J connectivity index is 1.64. The van der Waals surface area contributed by atoms with Gasteiger partial charge >= 0.3 is 0 Å². The molecule has 0 radical (unpaired) electrons. The first kappa shape index (κ1) is 20.1. The average molecular weight is 388 g/mol. The molecule has 6 nitrogen and oxygen atoms in total. The van der Waals surface area contributed by atoms with Gasteiger partial charge in [-0.05, 0) is 49.8 Å². The van der Waals surface area contributed by atoms with Crippen LogP contribution in [0.25, 0.3) is 11.8 Å². The number of carbonyl (C=O) groups excluding carboxylic acids is 2. The largest absolute Gasteiger partial charge is 0.355 e. The molecule has 2 aromatic carbocycles. The molecule has 2 amide bonds. The lowest BCUT2D eigenvalue weighted by molar-refractivity contribution is -0.116. The van der Waals surface area contributed by atoms with Gasteiger partial charge in [0.15, 0.2) is 0 Å². The maximum Gasteiger partial charge on any atom is 0.251 e. The Morgan fingerprint density at radius 2 is 1.72 bits per heavy atom. The maximum atomic E-state index is 12.2. The molecular formula is C23H24N4O2. The van der Waals surface area contributed by atoms with Crippen molar-refractivity contribution in [3.63, 3.8) is 0 Å². The summed E-state index contributed by atoms with van der Waals surface area (Å²) in [6.45, 7) is 4.30. The minimum absolute atomic E-state index is 0.134. The van der Waals surface area contributed by atoms with Crippen LogP contribution in [0.15, 0.2) is 60.7 Å². The predicted molar refractivity (Wildman–Crippen MR) is 114 cm³/mol. The van der Waals surface area contributed by atoms with Gasteiger partial charge in [-0.15, -0.1) is 0 Å². The molecule has 0 unspecified atom stereocenters. The standard InChI is InChI=1S/C23H24N4O2/c1-16-21(17(2)27(26-16)20-7-5-4-6-8-20)13-14-22(28)25-15-18-9-11-19(12-10-18)23(29)24-3/h4-14H,15H2,1-3H3,(H,24,29)(H,25,28)/b14-13+. The topological polar surface area (TPSA) is 76.0 Å². The summed E-state index contributed by atoms with van der Waals surface area (Å²) < 4.78 is 1.88. The summed E-state index contributed by atoms with van der Waals surface area (Å²) in [5.41, 5.74) is 5.26. The average Bonchev–Trinajstić information content (AvgIpc) is 3.04. The lowest BCUT2D eigenvalue weighted by atomic mass is 10.1. The van der Waals surface area contributed by atoms with Crippen LogP contribution in [0.3, 0.4) is 0 Å². The van der Waals surface area contributed by atoms with Gasteiger partial charge < -0.3 is 10.6 Å². The van der Waals surface area contributed by atoms with Crippen LogP contribution < -0.4 is 10.6 Å². The molecular weight excluding hydrogens is 364 g/mol. The molecule has 0 aliphatic rings. The van der Waals surface area contributed by atoms with Crippen molar-refractivity contribution in [3.8, 4) is 5.69 Å². The number of hydrogen-bond donors (Lipinski definition) is 2. The van der Waals surface area contributed by atoms with Crippen LogP contribution >= 0.6 is 0 Å². The first-order valence-corrected chi connectivity index (χ1v) is 9.38. The molecule has 0 bridgehead atoms. The highest BCUT2D eigenvalue weighted by Crippen LogP contribution is 2.19. The van der Waals surface area contributed by atoms with Crippen molar-refractivity contribution < 1.29 is 9.59 Å². The van der Waals surface area contributed by atoms with Crippen molar-refractivity contribution in [1.29, 1.82) is 0 Å². The minimum Gasteiger partial charge on any atom is -0.355 e. The van der Waals surface area contributed by atoms with Gasteiger partial charge in [-0.25, -0.2) is 4.68 Å². The van der Waals surface area contributed by atoms with Crippen molar-refractivity contribution in [2.75, 3.05) is 7.05 Å². The smallest absolute Gasteiger partial charge is 0.251 e. The zero-order valence-corrected chi connectivity index (χ0v) is 16.8. The molecule has 0 fully saturated rings. The fraction of sp³-hybridized carbons (Fsp3) is 0.174.